The van der Waals surface area contributed by atoms with Gasteiger partial charge in [0.25, 0.3) is 0 Å². The fourth-order valence-corrected chi connectivity index (χ4v) is 2.09. The second-order valence-electron chi connectivity index (χ2n) is 5.14. The van der Waals surface area contributed by atoms with E-state index < -0.39 is 0 Å². The molecule has 0 fully saturated rings. The Morgan fingerprint density at radius 2 is 2.00 bits per heavy atom. The number of benzene rings is 1. The highest BCUT2D eigenvalue weighted by Gasteiger charge is 2.08. The van der Waals surface area contributed by atoms with E-state index in [4.69, 9.17) is 14.2 Å². The van der Waals surface area contributed by atoms with Crippen molar-refractivity contribution in [2.45, 2.75) is 13.0 Å². The number of aromatic nitrogens is 1. The molecule has 0 aliphatic carbocycles. The van der Waals surface area contributed by atoms with Gasteiger partial charge in [0.15, 0.2) is 11.5 Å². The first-order valence-corrected chi connectivity index (χ1v) is 7.67. The lowest BCUT2D eigenvalue weighted by atomic mass is 10.2. The third kappa shape index (κ3) is 5.49. The summed E-state index contributed by atoms with van der Waals surface area (Å²) < 4.78 is 15.8. The lowest BCUT2D eigenvalue weighted by molar-refractivity contribution is -0.121. The van der Waals surface area contributed by atoms with E-state index in [0.29, 0.717) is 29.4 Å². The quantitative estimate of drug-likeness (QED) is 0.700. The van der Waals surface area contributed by atoms with Gasteiger partial charge in [0.2, 0.25) is 5.91 Å². The Hall–Kier alpha value is -3.09. The van der Waals surface area contributed by atoms with Crippen LogP contribution in [0.2, 0.25) is 0 Å². The van der Waals surface area contributed by atoms with Gasteiger partial charge in [-0.05, 0) is 29.8 Å². The maximum absolute atomic E-state index is 11.9. The summed E-state index contributed by atoms with van der Waals surface area (Å²) in [7, 11) is 3.05. The van der Waals surface area contributed by atoms with E-state index in [1.807, 2.05) is 6.07 Å². The van der Waals surface area contributed by atoms with Gasteiger partial charge in [0, 0.05) is 18.3 Å². The van der Waals surface area contributed by atoms with Gasteiger partial charge in [-0.3, -0.25) is 14.6 Å². The molecule has 1 aromatic heterocycles. The minimum atomic E-state index is -0.147. The monoisotopic (exact) mass is 344 g/mol. The molecule has 25 heavy (non-hydrogen) atoms. The maximum Gasteiger partial charge on any atom is 0.223 e. The van der Waals surface area contributed by atoms with Crippen LogP contribution < -0.4 is 19.5 Å². The van der Waals surface area contributed by atoms with Crippen molar-refractivity contribution in [1.82, 2.24) is 10.3 Å². The van der Waals surface area contributed by atoms with Crippen molar-refractivity contribution >= 4 is 12.2 Å². The van der Waals surface area contributed by atoms with Crippen LogP contribution in [-0.4, -0.2) is 38.0 Å². The van der Waals surface area contributed by atoms with E-state index >= 15 is 0 Å². The summed E-state index contributed by atoms with van der Waals surface area (Å²) in [6, 6.07) is 6.66. The molecule has 0 unspecified atom stereocenters. The lowest BCUT2D eigenvalue weighted by Gasteiger charge is -2.11. The Morgan fingerprint density at radius 3 is 2.72 bits per heavy atom. The van der Waals surface area contributed by atoms with Crippen molar-refractivity contribution in [2.75, 3.05) is 20.8 Å². The number of carbonyl (C=O) groups is 2. The Labute approximate surface area is 145 Å². The summed E-state index contributed by atoms with van der Waals surface area (Å²) in [6.07, 6.45) is 4.18. The van der Waals surface area contributed by atoms with Crippen molar-refractivity contribution in [3.05, 3.63) is 47.8 Å². The number of hydrogen-bond acceptors (Lipinski definition) is 6. The first-order chi connectivity index (χ1) is 12.2. The fourth-order valence-electron chi connectivity index (χ4n) is 2.09. The molecule has 1 amide bonds. The molecule has 0 aliphatic heterocycles. The van der Waals surface area contributed by atoms with Gasteiger partial charge in [0.05, 0.1) is 33.4 Å². The second-order valence-corrected chi connectivity index (χ2v) is 5.14. The molecule has 1 N–H and O–H groups in total. The van der Waals surface area contributed by atoms with Crippen molar-refractivity contribution in [3.63, 3.8) is 0 Å². The molecule has 0 radical (unpaired) electrons. The van der Waals surface area contributed by atoms with E-state index in [1.165, 1.54) is 7.11 Å². The van der Waals surface area contributed by atoms with E-state index in [-0.39, 0.29) is 18.9 Å². The zero-order valence-electron chi connectivity index (χ0n) is 14.2. The topological polar surface area (TPSA) is 86.8 Å². The average Bonchev–Trinajstić information content (AvgIpc) is 2.66. The molecular formula is C18H20N2O5. The lowest BCUT2D eigenvalue weighted by Crippen LogP contribution is -2.24. The predicted molar refractivity (Wildman–Crippen MR) is 91.1 cm³/mol. The summed E-state index contributed by atoms with van der Waals surface area (Å²) in [5, 5.41) is 2.79. The van der Waals surface area contributed by atoms with Gasteiger partial charge >= 0.3 is 0 Å². The number of nitrogens with zero attached hydrogens (tertiary/aromatic N) is 1. The van der Waals surface area contributed by atoms with E-state index in [0.717, 1.165) is 11.8 Å². The summed E-state index contributed by atoms with van der Waals surface area (Å²) in [5.41, 5.74) is 1.34. The standard InChI is InChI=1S/C18H20N2O5/c1-23-15-7-14(9-19-11-15)10-20-18(22)5-6-25-16-4-3-13(12-21)8-17(16)24-2/h3-4,7-9,11-12H,5-6,10H2,1-2H3,(H,20,22). The molecule has 2 aromatic rings. The van der Waals surface area contributed by atoms with Gasteiger partial charge in [-0.2, -0.15) is 0 Å². The van der Waals surface area contributed by atoms with Crippen LogP contribution in [0.5, 0.6) is 17.2 Å². The van der Waals surface area contributed by atoms with Crippen molar-refractivity contribution in [1.29, 1.82) is 0 Å². The Bertz CT molecular complexity index is 733. The molecule has 132 valence electrons. The largest absolute Gasteiger partial charge is 0.495 e. The minimum Gasteiger partial charge on any atom is -0.495 e. The molecule has 0 saturated carbocycles. The van der Waals surface area contributed by atoms with Crippen LogP contribution in [-0.2, 0) is 11.3 Å². The summed E-state index contributed by atoms with van der Waals surface area (Å²) in [6.45, 7) is 0.555. The highest BCUT2D eigenvalue weighted by Crippen LogP contribution is 2.27. The normalized spacial score (nSPS) is 10.0. The molecule has 0 atom stereocenters. The van der Waals surface area contributed by atoms with Crippen LogP contribution in [0.25, 0.3) is 0 Å². The number of carbonyl (C=O) groups excluding carboxylic acids is 2. The number of hydrogen-bond donors (Lipinski definition) is 1. The molecule has 0 bridgehead atoms. The van der Waals surface area contributed by atoms with Crippen LogP contribution in [0, 0.1) is 0 Å². The Balaban J connectivity index is 1.79. The molecule has 0 aliphatic rings. The zero-order chi connectivity index (χ0) is 18.1. The molecule has 2 rings (SSSR count). The zero-order valence-corrected chi connectivity index (χ0v) is 14.2. The minimum absolute atomic E-state index is 0.147. The maximum atomic E-state index is 11.9. The smallest absolute Gasteiger partial charge is 0.223 e. The van der Waals surface area contributed by atoms with Crippen LogP contribution in [0.3, 0.4) is 0 Å². The third-order valence-corrected chi connectivity index (χ3v) is 3.41. The molecule has 7 heteroatoms. The van der Waals surface area contributed by atoms with Crippen LogP contribution in [0.15, 0.2) is 36.7 Å². The highest BCUT2D eigenvalue weighted by atomic mass is 16.5. The number of pyridine rings is 1. The fraction of sp³-hybridized carbons (Fsp3) is 0.278. The Kier molecular flexibility index (Phi) is 6.76. The highest BCUT2D eigenvalue weighted by molar-refractivity contribution is 5.77. The van der Waals surface area contributed by atoms with Crippen LogP contribution in [0.1, 0.15) is 22.3 Å². The van der Waals surface area contributed by atoms with E-state index in [2.05, 4.69) is 10.3 Å². The second kappa shape index (κ2) is 9.27. The molecule has 7 nitrogen and oxygen atoms in total. The summed E-state index contributed by atoms with van der Waals surface area (Å²) >= 11 is 0. The van der Waals surface area contributed by atoms with Crippen LogP contribution in [0.4, 0.5) is 0 Å². The summed E-state index contributed by atoms with van der Waals surface area (Å²) in [4.78, 5) is 26.7. The number of nitrogens with one attached hydrogen (secondary N) is 1. The molecule has 1 heterocycles. The number of amides is 1. The SMILES string of the molecule is COc1cncc(CNC(=O)CCOc2ccc(C=O)cc2OC)c1. The van der Waals surface area contributed by atoms with Crippen molar-refractivity contribution in [2.24, 2.45) is 0 Å². The number of rotatable bonds is 9. The predicted octanol–water partition coefficient (Wildman–Crippen LogP) is 2.00. The van der Waals surface area contributed by atoms with Crippen LogP contribution >= 0.6 is 0 Å². The first kappa shape index (κ1) is 18.3. The molecule has 0 spiro atoms. The first-order valence-electron chi connectivity index (χ1n) is 7.67. The van der Waals surface area contributed by atoms with Gasteiger partial charge in [-0.25, -0.2) is 0 Å². The number of ether oxygens (including phenoxy) is 3. The van der Waals surface area contributed by atoms with E-state index in [9.17, 15) is 9.59 Å². The average molecular weight is 344 g/mol. The summed E-state index contributed by atoms with van der Waals surface area (Å²) in [5.74, 6) is 1.43. The molecular weight excluding hydrogens is 324 g/mol. The van der Waals surface area contributed by atoms with Crippen molar-refractivity contribution < 1.29 is 23.8 Å². The van der Waals surface area contributed by atoms with E-state index in [1.54, 1.807) is 37.7 Å². The van der Waals surface area contributed by atoms with Gasteiger partial charge in [-0.1, -0.05) is 0 Å². The van der Waals surface area contributed by atoms with Crippen molar-refractivity contribution in [3.8, 4) is 17.2 Å². The van der Waals surface area contributed by atoms with Gasteiger partial charge in [0.1, 0.15) is 12.0 Å². The van der Waals surface area contributed by atoms with Gasteiger partial charge < -0.3 is 19.5 Å². The number of methoxy groups -OCH3 is 2. The molecule has 1 aromatic carbocycles. The molecule has 0 saturated heterocycles. The van der Waals surface area contributed by atoms with Gasteiger partial charge in [-0.15, -0.1) is 0 Å². The Morgan fingerprint density at radius 1 is 1.16 bits per heavy atom. The number of aldehydes is 1. The third-order valence-electron chi connectivity index (χ3n) is 3.41.